The highest BCUT2D eigenvalue weighted by Crippen LogP contribution is 2.40. The third-order valence-electron chi connectivity index (χ3n) is 10.1. The summed E-state index contributed by atoms with van der Waals surface area (Å²) in [6.07, 6.45) is 7.43. The van der Waals surface area contributed by atoms with Crippen molar-refractivity contribution in [3.8, 4) is 0 Å². The predicted octanol–water partition coefficient (Wildman–Crippen LogP) is 3.55. The highest BCUT2D eigenvalue weighted by atomic mass is 16.5. The maximum Gasteiger partial charge on any atom is 0.407 e. The van der Waals surface area contributed by atoms with Crippen molar-refractivity contribution in [2.45, 2.75) is 149 Å². The monoisotopic (exact) mass is 676 g/mol. The fourth-order valence-corrected chi connectivity index (χ4v) is 6.92. The number of alkyl carbamates (subject to hydrolysis) is 1. The summed E-state index contributed by atoms with van der Waals surface area (Å²) < 4.78 is 5.26. The molecule has 3 rings (SSSR count). The first-order valence-corrected chi connectivity index (χ1v) is 18.0. The Morgan fingerprint density at radius 2 is 1.58 bits per heavy atom. The first-order chi connectivity index (χ1) is 22.6. The number of carbonyl (C=O) groups excluding carboxylic acids is 6. The number of Topliss-reactive ketones (excluding diaryl/α,β-unsaturated/α-hetero) is 1. The van der Waals surface area contributed by atoms with Gasteiger partial charge in [0.05, 0.1) is 12.6 Å². The van der Waals surface area contributed by atoms with Crippen molar-refractivity contribution in [2.24, 2.45) is 16.7 Å². The van der Waals surface area contributed by atoms with Crippen LogP contribution in [0.2, 0.25) is 0 Å². The Hall–Kier alpha value is -3.38. The van der Waals surface area contributed by atoms with Crippen molar-refractivity contribution in [1.29, 1.82) is 0 Å². The van der Waals surface area contributed by atoms with Crippen molar-refractivity contribution in [3.63, 3.8) is 0 Å². The standard InChI is InChI=1S/C35H60N6O7/c1-8-13-24(27(42)30(44)37-23-14-15-23)38-29(43)26-22(3)16-20-41(26)31(45)28(35(7)18-11-10-12-19-35)40-32(46)39-25(34(4,5)6)17-21-48-33(47)36-9-2/h22-26,28H,8-21H2,1-7H3,(H,36,47)(H,37,44)(H,38,43)(H2,39,40,46)/t22-,24?,25+,26?,28?/m0/s1. The Morgan fingerprint density at radius 3 is 2.17 bits per heavy atom. The second kappa shape index (κ2) is 17.3. The highest BCUT2D eigenvalue weighted by Gasteiger charge is 2.48. The number of rotatable bonds is 15. The van der Waals surface area contributed by atoms with Crippen molar-refractivity contribution in [3.05, 3.63) is 0 Å². The Labute approximate surface area is 286 Å². The smallest absolute Gasteiger partial charge is 0.407 e. The molecule has 0 radical (unpaired) electrons. The molecule has 0 spiro atoms. The fraction of sp³-hybridized carbons (Fsp3) is 0.829. The minimum atomic E-state index is -0.979. The lowest BCUT2D eigenvalue weighted by Crippen LogP contribution is -2.62. The zero-order valence-corrected chi connectivity index (χ0v) is 30.2. The van der Waals surface area contributed by atoms with Gasteiger partial charge in [0, 0.05) is 31.6 Å². The number of hydrogen-bond acceptors (Lipinski definition) is 7. The molecule has 3 fully saturated rings. The molecule has 48 heavy (non-hydrogen) atoms. The molecule has 3 aliphatic rings. The van der Waals surface area contributed by atoms with Crippen LogP contribution in [0.1, 0.15) is 119 Å². The third kappa shape index (κ3) is 10.8. The number of amides is 6. The maximum atomic E-state index is 14.5. The molecule has 0 bridgehead atoms. The van der Waals surface area contributed by atoms with Crippen molar-refractivity contribution < 1.29 is 33.5 Å². The number of ketones is 1. The van der Waals surface area contributed by atoms with Crippen molar-refractivity contribution in [2.75, 3.05) is 19.7 Å². The van der Waals surface area contributed by atoms with Gasteiger partial charge in [-0.3, -0.25) is 19.2 Å². The number of hydrogen-bond donors (Lipinski definition) is 5. The van der Waals surface area contributed by atoms with Gasteiger partial charge in [-0.05, 0) is 62.2 Å². The zero-order chi connectivity index (χ0) is 35.6. The number of carbonyl (C=O) groups is 6. The van der Waals surface area contributed by atoms with Gasteiger partial charge >= 0.3 is 12.1 Å². The van der Waals surface area contributed by atoms with Crippen LogP contribution in [-0.2, 0) is 23.9 Å². The summed E-state index contributed by atoms with van der Waals surface area (Å²) in [6.45, 7) is 14.5. The van der Waals surface area contributed by atoms with Crippen LogP contribution in [0, 0.1) is 16.7 Å². The molecular formula is C35H60N6O7. The molecular weight excluding hydrogens is 616 g/mol. The van der Waals surface area contributed by atoms with E-state index in [-0.39, 0.29) is 35.9 Å². The molecule has 2 saturated carbocycles. The molecule has 1 heterocycles. The molecule has 13 nitrogen and oxygen atoms in total. The van der Waals surface area contributed by atoms with Gasteiger partial charge in [-0.25, -0.2) is 9.59 Å². The van der Waals surface area contributed by atoms with Crippen LogP contribution >= 0.6 is 0 Å². The molecule has 1 aliphatic heterocycles. The summed E-state index contributed by atoms with van der Waals surface area (Å²) in [7, 11) is 0. The van der Waals surface area contributed by atoms with Crippen LogP contribution < -0.4 is 26.6 Å². The van der Waals surface area contributed by atoms with Gasteiger partial charge in [0.1, 0.15) is 12.1 Å². The lowest BCUT2D eigenvalue weighted by atomic mass is 9.70. The fourth-order valence-electron chi connectivity index (χ4n) is 6.92. The van der Waals surface area contributed by atoms with E-state index < -0.39 is 53.3 Å². The van der Waals surface area contributed by atoms with Crippen molar-refractivity contribution >= 4 is 35.6 Å². The molecule has 6 amide bonds. The predicted molar refractivity (Wildman–Crippen MR) is 182 cm³/mol. The average molecular weight is 677 g/mol. The molecule has 5 atom stereocenters. The Kier molecular flexibility index (Phi) is 14.1. The first-order valence-electron chi connectivity index (χ1n) is 18.0. The number of urea groups is 1. The van der Waals surface area contributed by atoms with E-state index >= 15 is 0 Å². The molecule has 0 aromatic heterocycles. The van der Waals surface area contributed by atoms with Gasteiger partial charge in [0.15, 0.2) is 0 Å². The molecule has 5 N–H and O–H groups in total. The average Bonchev–Trinajstić information content (AvgIpc) is 3.75. The summed E-state index contributed by atoms with van der Waals surface area (Å²) in [6, 6.07) is -3.55. The molecule has 2 aliphatic carbocycles. The van der Waals surface area contributed by atoms with Crippen LogP contribution in [-0.4, -0.2) is 90.4 Å². The van der Waals surface area contributed by atoms with E-state index in [0.717, 1.165) is 44.9 Å². The van der Waals surface area contributed by atoms with Crippen LogP contribution in [0.3, 0.4) is 0 Å². The largest absolute Gasteiger partial charge is 0.449 e. The van der Waals surface area contributed by atoms with E-state index in [4.69, 9.17) is 4.74 Å². The van der Waals surface area contributed by atoms with E-state index in [1.165, 1.54) is 0 Å². The normalized spacial score (nSPS) is 22.4. The van der Waals surface area contributed by atoms with E-state index in [2.05, 4.69) is 26.6 Å². The summed E-state index contributed by atoms with van der Waals surface area (Å²) >= 11 is 0. The lowest BCUT2D eigenvalue weighted by Gasteiger charge is -2.43. The minimum Gasteiger partial charge on any atom is -0.449 e. The number of ether oxygens (including phenoxy) is 1. The maximum absolute atomic E-state index is 14.5. The Morgan fingerprint density at radius 1 is 0.917 bits per heavy atom. The first kappa shape index (κ1) is 39.1. The summed E-state index contributed by atoms with van der Waals surface area (Å²) in [5.74, 6) is -2.33. The number of nitrogens with one attached hydrogen (secondary N) is 5. The second-order valence-corrected chi connectivity index (χ2v) is 15.3. The Balaban J connectivity index is 1.78. The summed E-state index contributed by atoms with van der Waals surface area (Å²) in [5.41, 5.74) is -0.897. The van der Waals surface area contributed by atoms with Gasteiger partial charge < -0.3 is 36.2 Å². The molecule has 3 unspecified atom stereocenters. The van der Waals surface area contributed by atoms with Gasteiger partial charge in [0.25, 0.3) is 5.91 Å². The highest BCUT2D eigenvalue weighted by molar-refractivity contribution is 6.38. The van der Waals surface area contributed by atoms with Crippen LogP contribution in [0.15, 0.2) is 0 Å². The number of nitrogens with zero attached hydrogens (tertiary/aromatic N) is 1. The van der Waals surface area contributed by atoms with Gasteiger partial charge in [-0.15, -0.1) is 0 Å². The minimum absolute atomic E-state index is 0.0180. The van der Waals surface area contributed by atoms with E-state index in [1.807, 2.05) is 41.5 Å². The second-order valence-electron chi connectivity index (χ2n) is 15.3. The summed E-state index contributed by atoms with van der Waals surface area (Å²) in [5, 5.41) is 14.2. The number of likely N-dealkylation sites (tertiary alicyclic amines) is 1. The van der Waals surface area contributed by atoms with E-state index in [0.29, 0.717) is 38.8 Å². The lowest BCUT2D eigenvalue weighted by molar-refractivity contribution is -0.145. The third-order valence-corrected chi connectivity index (χ3v) is 10.1. The topological polar surface area (TPSA) is 175 Å². The van der Waals surface area contributed by atoms with Gasteiger partial charge in [-0.1, -0.05) is 67.2 Å². The van der Waals surface area contributed by atoms with Gasteiger partial charge in [0.2, 0.25) is 17.6 Å². The van der Waals surface area contributed by atoms with E-state index in [1.54, 1.807) is 11.8 Å². The molecule has 0 aromatic rings. The van der Waals surface area contributed by atoms with Gasteiger partial charge in [-0.2, -0.15) is 0 Å². The summed E-state index contributed by atoms with van der Waals surface area (Å²) in [4.78, 5) is 81.0. The molecule has 0 aromatic carbocycles. The molecule has 272 valence electrons. The van der Waals surface area contributed by atoms with E-state index in [9.17, 15) is 28.8 Å². The van der Waals surface area contributed by atoms with Crippen LogP contribution in [0.4, 0.5) is 9.59 Å². The SMILES string of the molecule is CCCC(NC(=O)C1[C@@H](C)CCN1C(=O)C(NC(=O)N[C@H](CCOC(=O)NCC)C(C)(C)C)C1(C)CCCCC1)C(=O)C(=O)NC1CC1. The quantitative estimate of drug-likeness (QED) is 0.165. The Bertz CT molecular complexity index is 1160. The zero-order valence-electron chi connectivity index (χ0n) is 30.2. The van der Waals surface area contributed by atoms with Crippen molar-refractivity contribution in [1.82, 2.24) is 31.5 Å². The van der Waals surface area contributed by atoms with Crippen LogP contribution in [0.5, 0.6) is 0 Å². The molecule has 13 heteroatoms. The molecule has 1 saturated heterocycles. The van der Waals surface area contributed by atoms with Crippen LogP contribution in [0.25, 0.3) is 0 Å².